The van der Waals surface area contributed by atoms with Crippen molar-refractivity contribution >= 4 is 17.0 Å². The molecule has 0 saturated heterocycles. The maximum Gasteiger partial charge on any atom is 0.337 e. The molecule has 0 spiro atoms. The Labute approximate surface area is 263 Å². The van der Waals surface area contributed by atoms with Gasteiger partial charge in [0.25, 0.3) is 0 Å². The molecule has 1 aliphatic rings. The summed E-state index contributed by atoms with van der Waals surface area (Å²) in [7, 11) is 1.38. The van der Waals surface area contributed by atoms with Gasteiger partial charge in [-0.15, -0.1) is 5.10 Å². The van der Waals surface area contributed by atoms with E-state index in [1.807, 2.05) is 65.5 Å². The van der Waals surface area contributed by atoms with Gasteiger partial charge in [-0.1, -0.05) is 41.6 Å². The van der Waals surface area contributed by atoms with Gasteiger partial charge in [0.1, 0.15) is 18.2 Å². The van der Waals surface area contributed by atoms with E-state index in [2.05, 4.69) is 19.9 Å². The van der Waals surface area contributed by atoms with Gasteiger partial charge in [-0.2, -0.15) is 5.26 Å². The van der Waals surface area contributed by atoms with Crippen LogP contribution in [0.5, 0.6) is 5.88 Å². The molecular formula is C35H28FN7O3. The Kier molecular flexibility index (Phi) is 7.46. The lowest BCUT2D eigenvalue weighted by Gasteiger charge is -2.19. The van der Waals surface area contributed by atoms with Crippen LogP contribution >= 0.6 is 0 Å². The molecule has 0 atom stereocenters. The third-order valence-corrected chi connectivity index (χ3v) is 8.33. The van der Waals surface area contributed by atoms with Crippen molar-refractivity contribution in [2.75, 3.05) is 7.11 Å². The van der Waals surface area contributed by atoms with Crippen molar-refractivity contribution in [2.24, 2.45) is 0 Å². The van der Waals surface area contributed by atoms with Crippen molar-refractivity contribution in [1.29, 1.82) is 5.26 Å². The van der Waals surface area contributed by atoms with E-state index in [1.54, 1.807) is 30.5 Å². The highest BCUT2D eigenvalue weighted by molar-refractivity contribution is 5.93. The van der Waals surface area contributed by atoms with E-state index in [-0.39, 0.29) is 17.7 Å². The fourth-order valence-electron chi connectivity index (χ4n) is 5.61. The molecular weight excluding hydrogens is 585 g/mol. The van der Waals surface area contributed by atoms with Gasteiger partial charge in [0.15, 0.2) is 0 Å². The van der Waals surface area contributed by atoms with Gasteiger partial charge < -0.3 is 14.0 Å². The third-order valence-electron chi connectivity index (χ3n) is 8.33. The Hall–Kier alpha value is -5.89. The van der Waals surface area contributed by atoms with Crippen LogP contribution < -0.4 is 4.74 Å². The standard InChI is InChI=1S/C35H28FN7O3/c1-45-34(44)26-11-12-30-31(19-26)42(22-35(13-14-35)43-16-15-38-41-43)32(39-30)18-23-5-8-25(9-6-23)29-3-2-4-33(40-29)46-21-27-10-7-24(20-37)17-28(27)36/h2-12,15-17,19H,13-14,18,21-22H2,1H3. The lowest BCUT2D eigenvalue weighted by Crippen LogP contribution is -2.25. The first-order valence-corrected chi connectivity index (χ1v) is 14.8. The van der Waals surface area contributed by atoms with Crippen molar-refractivity contribution in [1.82, 2.24) is 29.5 Å². The average Bonchev–Trinajstić information content (AvgIpc) is 3.49. The smallest absolute Gasteiger partial charge is 0.337 e. The quantitative estimate of drug-likeness (QED) is 0.177. The van der Waals surface area contributed by atoms with Gasteiger partial charge in [-0.05, 0) is 54.8 Å². The van der Waals surface area contributed by atoms with Crippen LogP contribution in [0.1, 0.15) is 45.7 Å². The first-order valence-electron chi connectivity index (χ1n) is 14.8. The lowest BCUT2D eigenvalue weighted by atomic mass is 10.1. The van der Waals surface area contributed by atoms with Crippen LogP contribution in [-0.2, 0) is 29.8 Å². The van der Waals surface area contributed by atoms with Crippen molar-refractivity contribution in [2.45, 2.75) is 38.0 Å². The number of carbonyl (C=O) groups is 1. The number of methoxy groups -OCH3 is 1. The Bertz CT molecular complexity index is 2100. The molecule has 1 fully saturated rings. The summed E-state index contributed by atoms with van der Waals surface area (Å²) < 4.78 is 29.1. The largest absolute Gasteiger partial charge is 0.473 e. The number of ether oxygens (including phenoxy) is 2. The molecule has 10 nitrogen and oxygen atoms in total. The monoisotopic (exact) mass is 613 g/mol. The molecule has 0 aliphatic heterocycles. The van der Waals surface area contributed by atoms with E-state index in [0.717, 1.165) is 46.5 Å². The Morgan fingerprint density at radius 1 is 1.04 bits per heavy atom. The van der Waals surface area contributed by atoms with Crippen LogP contribution in [-0.4, -0.2) is 42.6 Å². The fraction of sp³-hybridized carbons (Fsp3) is 0.200. The number of fused-ring (bicyclic) bond motifs is 1. The van der Waals surface area contributed by atoms with E-state index < -0.39 is 11.8 Å². The van der Waals surface area contributed by atoms with Crippen molar-refractivity contribution in [3.63, 3.8) is 0 Å². The number of hydrogen-bond donors (Lipinski definition) is 0. The van der Waals surface area contributed by atoms with Gasteiger partial charge >= 0.3 is 5.97 Å². The normalized spacial score (nSPS) is 13.3. The van der Waals surface area contributed by atoms with Crippen LogP contribution in [0.2, 0.25) is 0 Å². The zero-order chi connectivity index (χ0) is 31.7. The van der Waals surface area contributed by atoms with Gasteiger partial charge in [-0.3, -0.25) is 0 Å². The zero-order valence-corrected chi connectivity index (χ0v) is 24.9. The average molecular weight is 614 g/mol. The molecule has 3 heterocycles. The summed E-state index contributed by atoms with van der Waals surface area (Å²) in [5, 5.41) is 17.3. The van der Waals surface area contributed by atoms with E-state index >= 15 is 0 Å². The highest BCUT2D eigenvalue weighted by Crippen LogP contribution is 2.45. The number of halogens is 1. The number of nitrogens with zero attached hydrogens (tertiary/aromatic N) is 7. The van der Waals surface area contributed by atoms with E-state index in [9.17, 15) is 9.18 Å². The molecule has 1 aliphatic carbocycles. The predicted molar refractivity (Wildman–Crippen MR) is 166 cm³/mol. The summed E-state index contributed by atoms with van der Waals surface area (Å²) in [6, 6.07) is 25.2. The molecule has 6 aromatic rings. The number of nitriles is 1. The van der Waals surface area contributed by atoms with Crippen LogP contribution in [0.4, 0.5) is 4.39 Å². The number of benzene rings is 3. The first-order chi connectivity index (χ1) is 22.4. The molecule has 0 amide bonds. The van der Waals surface area contributed by atoms with Gasteiger partial charge in [0.05, 0.1) is 52.8 Å². The second-order valence-corrected chi connectivity index (χ2v) is 11.3. The molecule has 1 saturated carbocycles. The number of esters is 1. The molecule has 46 heavy (non-hydrogen) atoms. The van der Waals surface area contributed by atoms with Gasteiger partial charge in [-0.25, -0.2) is 23.8 Å². The fourth-order valence-corrected chi connectivity index (χ4v) is 5.61. The summed E-state index contributed by atoms with van der Waals surface area (Å²) in [6.07, 6.45) is 6.10. The first kappa shape index (κ1) is 28.9. The molecule has 3 aromatic carbocycles. The summed E-state index contributed by atoms with van der Waals surface area (Å²) in [5.74, 6) is 0.356. The third kappa shape index (κ3) is 5.68. The SMILES string of the molecule is COC(=O)c1ccc2nc(Cc3ccc(-c4cccc(OCc5ccc(C#N)cc5F)n4)cc3)n(CC3(n4ccnn4)CC3)c2c1. The molecule has 11 heteroatoms. The minimum atomic E-state index is -0.492. The maximum absolute atomic E-state index is 14.3. The molecule has 228 valence electrons. The summed E-state index contributed by atoms with van der Waals surface area (Å²) in [6.45, 7) is 0.640. The summed E-state index contributed by atoms with van der Waals surface area (Å²) >= 11 is 0. The van der Waals surface area contributed by atoms with Crippen molar-refractivity contribution < 1.29 is 18.7 Å². The Morgan fingerprint density at radius 2 is 1.89 bits per heavy atom. The molecule has 7 rings (SSSR count). The maximum atomic E-state index is 14.3. The van der Waals surface area contributed by atoms with Crippen LogP contribution in [0, 0.1) is 17.1 Å². The highest BCUT2D eigenvalue weighted by atomic mass is 19.1. The van der Waals surface area contributed by atoms with Crippen LogP contribution in [0.15, 0.2) is 91.3 Å². The van der Waals surface area contributed by atoms with E-state index in [1.165, 1.54) is 13.2 Å². The van der Waals surface area contributed by atoms with Crippen molar-refractivity contribution in [3.8, 4) is 23.2 Å². The van der Waals surface area contributed by atoms with Crippen LogP contribution in [0.25, 0.3) is 22.3 Å². The topological polar surface area (TPSA) is 121 Å². The zero-order valence-electron chi connectivity index (χ0n) is 24.9. The lowest BCUT2D eigenvalue weighted by molar-refractivity contribution is 0.0601. The second kappa shape index (κ2) is 11.9. The molecule has 0 bridgehead atoms. The van der Waals surface area contributed by atoms with Crippen molar-refractivity contribution in [3.05, 3.63) is 125 Å². The molecule has 0 radical (unpaired) electrons. The summed E-state index contributed by atoms with van der Waals surface area (Å²) in [4.78, 5) is 21.9. The number of rotatable bonds is 10. The summed E-state index contributed by atoms with van der Waals surface area (Å²) in [5.41, 5.74) is 5.23. The Morgan fingerprint density at radius 3 is 2.61 bits per heavy atom. The molecule has 0 unspecified atom stereocenters. The van der Waals surface area contributed by atoms with E-state index in [0.29, 0.717) is 30.0 Å². The Balaban J connectivity index is 1.12. The van der Waals surface area contributed by atoms with Gasteiger partial charge in [0.2, 0.25) is 5.88 Å². The minimum Gasteiger partial charge on any atom is -0.473 e. The van der Waals surface area contributed by atoms with E-state index in [4.69, 9.17) is 19.7 Å². The number of pyridine rings is 1. The number of aromatic nitrogens is 6. The molecule has 0 N–H and O–H groups in total. The molecule has 3 aromatic heterocycles. The van der Waals surface area contributed by atoms with Crippen LogP contribution in [0.3, 0.4) is 0 Å². The van der Waals surface area contributed by atoms with Gasteiger partial charge in [0, 0.05) is 36.4 Å². The second-order valence-electron chi connectivity index (χ2n) is 11.3. The predicted octanol–water partition coefficient (Wildman–Crippen LogP) is 5.85. The minimum absolute atomic E-state index is 0.00670. The number of hydrogen-bond acceptors (Lipinski definition) is 8. The number of imidazole rings is 1. The number of carbonyl (C=O) groups excluding carboxylic acids is 1. The highest BCUT2D eigenvalue weighted by Gasteiger charge is 2.46.